The number of fused-ring (bicyclic) bond motifs is 4. The second-order valence-corrected chi connectivity index (χ2v) is 12.2. The average molecular weight is 345 g/mol. The first-order valence-electron chi connectivity index (χ1n) is 11.6. The van der Waals surface area contributed by atoms with Crippen molar-refractivity contribution in [2.24, 2.45) is 57.2 Å². The summed E-state index contributed by atoms with van der Waals surface area (Å²) in [4.78, 5) is 0. The number of hydrogen-bond acceptors (Lipinski definition) is 0. The number of hydrogen-bond donors (Lipinski definition) is 0. The maximum absolute atomic E-state index is 2.66. The summed E-state index contributed by atoms with van der Waals surface area (Å²) in [6.07, 6.45) is 10.4. The van der Waals surface area contributed by atoms with Gasteiger partial charge in [0, 0.05) is 0 Å². The van der Waals surface area contributed by atoms with Gasteiger partial charge in [0.15, 0.2) is 0 Å². The molecule has 0 heteroatoms. The van der Waals surface area contributed by atoms with Crippen molar-refractivity contribution in [2.75, 3.05) is 0 Å². The van der Waals surface area contributed by atoms with E-state index >= 15 is 0 Å². The molecule has 4 fully saturated rings. The fourth-order valence-corrected chi connectivity index (χ4v) is 9.93. The van der Waals surface area contributed by atoms with E-state index in [4.69, 9.17) is 0 Å². The zero-order chi connectivity index (χ0) is 18.4. The van der Waals surface area contributed by atoms with Crippen molar-refractivity contribution < 1.29 is 0 Å². The molecule has 0 aromatic carbocycles. The van der Waals surface area contributed by atoms with Gasteiger partial charge in [0.25, 0.3) is 0 Å². The molecule has 8 atom stereocenters. The van der Waals surface area contributed by atoms with Gasteiger partial charge in [-0.2, -0.15) is 0 Å². The van der Waals surface area contributed by atoms with Crippen molar-refractivity contribution in [2.45, 2.75) is 100 Å². The van der Waals surface area contributed by atoms with Crippen LogP contribution in [0.3, 0.4) is 0 Å². The quantitative estimate of drug-likeness (QED) is 0.493. The zero-order valence-corrected chi connectivity index (χ0v) is 18.4. The van der Waals surface area contributed by atoms with Crippen molar-refractivity contribution >= 4 is 0 Å². The van der Waals surface area contributed by atoms with Crippen LogP contribution in [0.2, 0.25) is 0 Å². The first kappa shape index (κ1) is 18.4. The van der Waals surface area contributed by atoms with Gasteiger partial charge in [-0.05, 0) is 89.3 Å². The monoisotopic (exact) mass is 344 g/mol. The molecule has 0 aliphatic heterocycles. The van der Waals surface area contributed by atoms with Crippen molar-refractivity contribution in [1.29, 1.82) is 0 Å². The van der Waals surface area contributed by atoms with E-state index < -0.39 is 0 Å². The zero-order valence-electron chi connectivity index (χ0n) is 18.4. The van der Waals surface area contributed by atoms with Gasteiger partial charge in [-0.3, -0.25) is 0 Å². The third-order valence-corrected chi connectivity index (χ3v) is 11.9. The lowest BCUT2D eigenvalue weighted by molar-refractivity contribution is 0.0608. The van der Waals surface area contributed by atoms with Gasteiger partial charge in [0.1, 0.15) is 0 Å². The third-order valence-electron chi connectivity index (χ3n) is 11.9. The average Bonchev–Trinajstić information content (AvgIpc) is 3.02. The first-order chi connectivity index (χ1) is 11.6. The van der Waals surface area contributed by atoms with E-state index in [1.165, 1.54) is 38.5 Å². The molecule has 0 spiro atoms. The Labute approximate surface area is 157 Å². The molecule has 144 valence electrons. The van der Waals surface area contributed by atoms with Gasteiger partial charge >= 0.3 is 0 Å². The molecule has 0 aromatic heterocycles. The molecule has 4 bridgehead atoms. The molecule has 4 saturated carbocycles. The highest BCUT2D eigenvalue weighted by molar-refractivity contribution is 5.17. The molecule has 0 saturated heterocycles. The Morgan fingerprint density at radius 2 is 1.00 bits per heavy atom. The summed E-state index contributed by atoms with van der Waals surface area (Å²) < 4.78 is 0. The van der Waals surface area contributed by atoms with Crippen molar-refractivity contribution in [1.82, 2.24) is 0 Å². The maximum atomic E-state index is 2.66. The summed E-state index contributed by atoms with van der Waals surface area (Å²) in [5.41, 5.74) is 2.35. The highest BCUT2D eigenvalue weighted by Crippen LogP contribution is 2.76. The van der Waals surface area contributed by atoms with Gasteiger partial charge < -0.3 is 0 Å². The van der Waals surface area contributed by atoms with E-state index in [9.17, 15) is 0 Å². The smallest absolute Gasteiger partial charge is 0.0241 e. The number of rotatable bonds is 4. The summed E-state index contributed by atoms with van der Waals surface area (Å²) >= 11 is 0. The van der Waals surface area contributed by atoms with Crippen LogP contribution in [0.1, 0.15) is 100 Å². The van der Waals surface area contributed by atoms with Crippen LogP contribution >= 0.6 is 0 Å². The molecule has 4 rings (SSSR count). The van der Waals surface area contributed by atoms with Crippen LogP contribution in [0.15, 0.2) is 0 Å². The molecule has 0 nitrogen and oxygen atoms in total. The van der Waals surface area contributed by atoms with Crippen molar-refractivity contribution in [3.05, 3.63) is 0 Å². The van der Waals surface area contributed by atoms with Crippen LogP contribution in [0.4, 0.5) is 0 Å². The molecule has 0 N–H and O–H groups in total. The standard InChI is InChI=1S/C25H44/c1-9-18-16(20-11-13-24(18,7)22(20,3)4)15-17-19(10-2)25(8)14-12-21(17)23(25,5)6/h16-21H,9-15H2,1-8H3. The van der Waals surface area contributed by atoms with Crippen LogP contribution in [0, 0.1) is 57.2 Å². The second-order valence-electron chi connectivity index (χ2n) is 12.2. The maximum Gasteiger partial charge on any atom is -0.0241 e. The lowest BCUT2D eigenvalue weighted by Crippen LogP contribution is -2.35. The summed E-state index contributed by atoms with van der Waals surface area (Å²) in [5.74, 6) is 5.97. The van der Waals surface area contributed by atoms with Crippen molar-refractivity contribution in [3.63, 3.8) is 0 Å². The summed E-state index contributed by atoms with van der Waals surface area (Å²) in [6.45, 7) is 20.8. The molecule has 25 heavy (non-hydrogen) atoms. The lowest BCUT2D eigenvalue weighted by Gasteiger charge is -2.43. The Morgan fingerprint density at radius 3 is 1.32 bits per heavy atom. The van der Waals surface area contributed by atoms with Crippen LogP contribution in [0.5, 0.6) is 0 Å². The SMILES string of the molecule is CCC1C(CC2C3CCC(C)(C2CC)C3(C)C)C2CCC1(C)C2(C)C. The largest absolute Gasteiger partial charge is 0.0651 e. The van der Waals surface area contributed by atoms with Crippen LogP contribution in [-0.2, 0) is 0 Å². The predicted octanol–water partition coefficient (Wildman–Crippen LogP) is 7.57. The summed E-state index contributed by atoms with van der Waals surface area (Å²) in [6, 6.07) is 0. The molecule has 0 radical (unpaired) electrons. The topological polar surface area (TPSA) is 0 Å². The Balaban J connectivity index is 1.65. The molecule has 0 aromatic rings. The molecule has 8 unspecified atom stereocenters. The van der Waals surface area contributed by atoms with E-state index in [1.807, 2.05) is 0 Å². The van der Waals surface area contributed by atoms with Gasteiger partial charge in [-0.15, -0.1) is 0 Å². The van der Waals surface area contributed by atoms with Crippen LogP contribution in [0.25, 0.3) is 0 Å². The highest BCUT2D eigenvalue weighted by Gasteiger charge is 2.68. The minimum Gasteiger partial charge on any atom is -0.0651 e. The van der Waals surface area contributed by atoms with Gasteiger partial charge in [0.05, 0.1) is 0 Å². The van der Waals surface area contributed by atoms with Crippen LogP contribution < -0.4 is 0 Å². The van der Waals surface area contributed by atoms with E-state index in [-0.39, 0.29) is 0 Å². The Hall–Kier alpha value is 0. The summed E-state index contributed by atoms with van der Waals surface area (Å²) in [7, 11) is 0. The normalized spacial score (nSPS) is 55.2. The van der Waals surface area contributed by atoms with E-state index in [0.717, 1.165) is 35.5 Å². The lowest BCUT2D eigenvalue weighted by atomic mass is 9.62. The highest BCUT2D eigenvalue weighted by atomic mass is 14.7. The van der Waals surface area contributed by atoms with E-state index in [2.05, 4.69) is 55.4 Å². The molecule has 0 heterocycles. The molecule has 0 amide bonds. The van der Waals surface area contributed by atoms with E-state index in [0.29, 0.717) is 21.7 Å². The fourth-order valence-electron chi connectivity index (χ4n) is 9.93. The Kier molecular flexibility index (Phi) is 3.88. The Bertz CT molecular complexity index is 494. The summed E-state index contributed by atoms with van der Waals surface area (Å²) in [5, 5.41) is 0. The third kappa shape index (κ3) is 1.91. The second kappa shape index (κ2) is 5.29. The fraction of sp³-hybridized carbons (Fsp3) is 1.00. The molecule has 4 aliphatic rings. The van der Waals surface area contributed by atoms with Crippen molar-refractivity contribution in [3.8, 4) is 0 Å². The van der Waals surface area contributed by atoms with Gasteiger partial charge in [0.2, 0.25) is 0 Å². The molecular weight excluding hydrogens is 300 g/mol. The minimum absolute atomic E-state index is 0.567. The molecule has 4 aliphatic carbocycles. The minimum atomic E-state index is 0.567. The van der Waals surface area contributed by atoms with Gasteiger partial charge in [-0.1, -0.05) is 68.2 Å². The Morgan fingerprint density at radius 1 is 0.640 bits per heavy atom. The predicted molar refractivity (Wildman–Crippen MR) is 108 cm³/mol. The molecular formula is C25H44. The van der Waals surface area contributed by atoms with E-state index in [1.54, 1.807) is 6.42 Å². The van der Waals surface area contributed by atoms with Gasteiger partial charge in [-0.25, -0.2) is 0 Å². The first-order valence-corrected chi connectivity index (χ1v) is 11.6. The van der Waals surface area contributed by atoms with Crippen LogP contribution in [-0.4, -0.2) is 0 Å².